The maximum Gasteiger partial charge on any atom is 0.264 e. The van der Waals surface area contributed by atoms with Crippen molar-refractivity contribution in [2.75, 3.05) is 26.2 Å². The molecule has 1 aromatic carbocycles. The van der Waals surface area contributed by atoms with Gasteiger partial charge in [0.25, 0.3) is 10.0 Å². The van der Waals surface area contributed by atoms with E-state index < -0.39 is 22.0 Å². The number of rotatable bonds is 5. The lowest BCUT2D eigenvalue weighted by Gasteiger charge is -2.48. The highest BCUT2D eigenvalue weighted by atomic mass is 35.5. The van der Waals surface area contributed by atoms with Gasteiger partial charge in [-0.1, -0.05) is 25.4 Å². The number of piperidine rings is 1. The van der Waals surface area contributed by atoms with Crippen molar-refractivity contribution in [2.24, 2.45) is 5.41 Å². The molecule has 1 aromatic rings. The van der Waals surface area contributed by atoms with Crippen LogP contribution in [0.25, 0.3) is 0 Å². The maximum absolute atomic E-state index is 13.6. The quantitative estimate of drug-likeness (QED) is 0.642. The second-order valence-electron chi connectivity index (χ2n) is 10.6. The Morgan fingerprint density at radius 2 is 1.83 bits per heavy atom. The van der Waals surface area contributed by atoms with Gasteiger partial charge >= 0.3 is 0 Å². The van der Waals surface area contributed by atoms with E-state index in [1.54, 1.807) is 24.8 Å². The summed E-state index contributed by atoms with van der Waals surface area (Å²) in [7, 11) is -4.08. The van der Waals surface area contributed by atoms with E-state index in [0.717, 1.165) is 23.8 Å². The Kier molecular flexibility index (Phi) is 7.23. The lowest BCUT2D eigenvalue weighted by Crippen LogP contribution is -2.57. The zero-order chi connectivity index (χ0) is 25.5. The van der Waals surface area contributed by atoms with E-state index >= 15 is 0 Å². The van der Waals surface area contributed by atoms with Crippen LogP contribution >= 0.6 is 11.6 Å². The highest BCUT2D eigenvalue weighted by molar-refractivity contribution is 7.89. The van der Waals surface area contributed by atoms with Crippen molar-refractivity contribution in [1.82, 2.24) is 19.4 Å². The minimum atomic E-state index is -4.08. The second kappa shape index (κ2) is 9.75. The molecule has 4 rings (SSSR count). The predicted molar refractivity (Wildman–Crippen MR) is 135 cm³/mol. The van der Waals surface area contributed by atoms with Gasteiger partial charge in [-0.25, -0.2) is 8.42 Å². The lowest BCUT2D eigenvalue weighted by atomic mass is 9.78. The third kappa shape index (κ3) is 5.08. The molecule has 1 unspecified atom stereocenters. The molecule has 2 fully saturated rings. The number of amides is 2. The van der Waals surface area contributed by atoms with E-state index in [9.17, 15) is 18.0 Å². The highest BCUT2D eigenvalue weighted by Crippen LogP contribution is 2.36. The van der Waals surface area contributed by atoms with Gasteiger partial charge in [-0.3, -0.25) is 18.8 Å². The summed E-state index contributed by atoms with van der Waals surface area (Å²) in [5, 5.41) is 3.04. The van der Waals surface area contributed by atoms with Gasteiger partial charge in [0.1, 0.15) is 6.04 Å². The first-order chi connectivity index (χ1) is 16.4. The Morgan fingerprint density at radius 1 is 1.14 bits per heavy atom. The topological polar surface area (TPSA) is 90.0 Å². The summed E-state index contributed by atoms with van der Waals surface area (Å²) in [4.78, 5) is 30.6. The van der Waals surface area contributed by atoms with Gasteiger partial charge in [0, 0.05) is 36.6 Å². The zero-order valence-corrected chi connectivity index (χ0v) is 22.5. The number of benzene rings is 1. The standard InChI is InChI=1S/C25H35ClN4O4S/c1-17-14-21(18(2)13-19(17)26)35(33,34)30-12-8-27-24(32)20(30)15-23(31)29-11-7-22(25(3,4)16-29)28-9-5-6-10-28/h8,12-14,20,22H,5-7,9-11,15-16H2,1-4H3,(H,27,32)/t20-,22?/m1/s1. The number of carbonyl (C=O) groups excluding carboxylic acids is 2. The van der Waals surface area contributed by atoms with Crippen molar-refractivity contribution < 1.29 is 18.0 Å². The molecule has 0 aromatic heterocycles. The number of hydrogen-bond acceptors (Lipinski definition) is 5. The van der Waals surface area contributed by atoms with Crippen LogP contribution in [0.5, 0.6) is 0 Å². The van der Waals surface area contributed by atoms with Crippen LogP contribution in [0, 0.1) is 19.3 Å². The van der Waals surface area contributed by atoms with Crippen molar-refractivity contribution in [3.05, 3.63) is 40.7 Å². The van der Waals surface area contributed by atoms with Crippen LogP contribution in [-0.4, -0.2) is 72.6 Å². The number of nitrogens with zero attached hydrogens (tertiary/aromatic N) is 3. The molecular weight excluding hydrogens is 488 g/mol. The van der Waals surface area contributed by atoms with E-state index in [0.29, 0.717) is 35.3 Å². The first-order valence-electron chi connectivity index (χ1n) is 12.2. The van der Waals surface area contributed by atoms with Crippen LogP contribution in [0.2, 0.25) is 5.02 Å². The normalized spacial score (nSPS) is 25.1. The molecule has 3 heterocycles. The van der Waals surface area contributed by atoms with E-state index in [1.165, 1.54) is 31.3 Å². The van der Waals surface area contributed by atoms with Crippen LogP contribution in [0.1, 0.15) is 50.7 Å². The van der Waals surface area contributed by atoms with Crippen molar-refractivity contribution in [3.8, 4) is 0 Å². The number of nitrogens with one attached hydrogen (secondary N) is 1. The Hall–Kier alpha value is -2.10. The second-order valence-corrected chi connectivity index (χ2v) is 12.8. The molecule has 1 N–H and O–H groups in total. The number of sulfonamides is 1. The number of halogens is 1. The summed E-state index contributed by atoms with van der Waals surface area (Å²) in [6.07, 6.45) is 5.71. The molecule has 2 amide bonds. The molecule has 192 valence electrons. The Balaban J connectivity index is 1.53. The molecule has 2 atom stereocenters. The summed E-state index contributed by atoms with van der Waals surface area (Å²) in [5.74, 6) is -0.725. The number of aryl methyl sites for hydroxylation is 2. The highest BCUT2D eigenvalue weighted by Gasteiger charge is 2.43. The van der Waals surface area contributed by atoms with Gasteiger partial charge in [0.15, 0.2) is 0 Å². The molecule has 0 spiro atoms. The predicted octanol–water partition coefficient (Wildman–Crippen LogP) is 3.03. The molecule has 2 saturated heterocycles. The Bertz CT molecular complexity index is 1140. The summed E-state index contributed by atoms with van der Waals surface area (Å²) < 4.78 is 28.2. The van der Waals surface area contributed by atoms with E-state index in [4.69, 9.17) is 11.6 Å². The number of carbonyl (C=O) groups is 2. The van der Waals surface area contributed by atoms with Gasteiger partial charge in [-0.2, -0.15) is 0 Å². The molecule has 3 aliphatic heterocycles. The van der Waals surface area contributed by atoms with Gasteiger partial charge in [0.05, 0.1) is 11.3 Å². The van der Waals surface area contributed by atoms with Gasteiger partial charge in [0.2, 0.25) is 11.8 Å². The van der Waals surface area contributed by atoms with Crippen LogP contribution in [0.3, 0.4) is 0 Å². The minimum Gasteiger partial charge on any atom is -0.342 e. The van der Waals surface area contributed by atoms with Crippen LogP contribution < -0.4 is 5.32 Å². The monoisotopic (exact) mass is 522 g/mol. The van der Waals surface area contributed by atoms with Crippen molar-refractivity contribution in [1.29, 1.82) is 0 Å². The largest absolute Gasteiger partial charge is 0.342 e. The fraction of sp³-hybridized carbons (Fsp3) is 0.600. The van der Waals surface area contributed by atoms with Gasteiger partial charge in [-0.05, 0) is 74.9 Å². The van der Waals surface area contributed by atoms with Crippen molar-refractivity contribution in [3.63, 3.8) is 0 Å². The maximum atomic E-state index is 13.6. The Labute approximate surface area is 213 Å². The molecule has 35 heavy (non-hydrogen) atoms. The minimum absolute atomic E-state index is 0.0729. The molecule has 3 aliphatic rings. The average Bonchev–Trinajstić information content (AvgIpc) is 3.31. The summed E-state index contributed by atoms with van der Waals surface area (Å²) in [6, 6.07) is 2.37. The van der Waals surface area contributed by atoms with Crippen LogP contribution in [0.4, 0.5) is 0 Å². The summed E-state index contributed by atoms with van der Waals surface area (Å²) >= 11 is 6.16. The first-order valence-corrected chi connectivity index (χ1v) is 14.0. The first kappa shape index (κ1) is 26.0. The number of likely N-dealkylation sites (tertiary alicyclic amines) is 2. The average molecular weight is 523 g/mol. The smallest absolute Gasteiger partial charge is 0.264 e. The fourth-order valence-electron chi connectivity index (χ4n) is 5.67. The van der Waals surface area contributed by atoms with Crippen molar-refractivity contribution in [2.45, 2.75) is 70.4 Å². The third-order valence-corrected chi connectivity index (χ3v) is 9.88. The molecule has 10 heteroatoms. The Morgan fingerprint density at radius 3 is 2.49 bits per heavy atom. The molecule has 0 saturated carbocycles. The fourth-order valence-corrected chi connectivity index (χ4v) is 7.63. The van der Waals surface area contributed by atoms with Crippen LogP contribution in [0.15, 0.2) is 29.4 Å². The SMILES string of the molecule is Cc1cc(S(=O)(=O)N2C=CNC(=O)[C@H]2CC(=O)N2CCC(N3CCCC3)C(C)(C)C2)c(C)cc1Cl. The van der Waals surface area contributed by atoms with Crippen LogP contribution in [-0.2, 0) is 19.6 Å². The summed E-state index contributed by atoms with van der Waals surface area (Å²) in [6.45, 7) is 11.2. The van der Waals surface area contributed by atoms with E-state index in [1.807, 2.05) is 0 Å². The molecule has 0 radical (unpaired) electrons. The molecule has 0 aliphatic carbocycles. The lowest BCUT2D eigenvalue weighted by molar-refractivity contribution is -0.139. The molecular formula is C25H35ClN4O4S. The van der Waals surface area contributed by atoms with E-state index in [-0.39, 0.29) is 22.6 Å². The zero-order valence-electron chi connectivity index (χ0n) is 20.9. The molecule has 8 nitrogen and oxygen atoms in total. The van der Waals surface area contributed by atoms with Gasteiger partial charge < -0.3 is 10.2 Å². The summed E-state index contributed by atoms with van der Waals surface area (Å²) in [5.41, 5.74) is 1.02. The van der Waals surface area contributed by atoms with Crippen molar-refractivity contribution >= 4 is 33.4 Å². The number of hydrogen-bond donors (Lipinski definition) is 1. The van der Waals surface area contributed by atoms with Gasteiger partial charge in [-0.15, -0.1) is 0 Å². The third-order valence-electron chi connectivity index (χ3n) is 7.54. The molecule has 0 bridgehead atoms. The van der Waals surface area contributed by atoms with E-state index in [2.05, 4.69) is 24.1 Å².